The van der Waals surface area contributed by atoms with E-state index in [1.54, 1.807) is 19.9 Å². The van der Waals surface area contributed by atoms with Gasteiger partial charge >= 0.3 is 0 Å². The number of carbonyl (C=O) groups is 1. The first-order valence-corrected chi connectivity index (χ1v) is 7.83. The van der Waals surface area contributed by atoms with E-state index in [1.165, 1.54) is 13.2 Å². The van der Waals surface area contributed by atoms with Gasteiger partial charge in [0.15, 0.2) is 6.61 Å². The lowest BCUT2D eigenvalue weighted by Gasteiger charge is -2.14. The summed E-state index contributed by atoms with van der Waals surface area (Å²) in [5.41, 5.74) is 1.34. The molecule has 0 aliphatic carbocycles. The van der Waals surface area contributed by atoms with Crippen molar-refractivity contribution in [3.05, 3.63) is 23.3 Å². The quantitative estimate of drug-likeness (QED) is 0.693. The predicted molar refractivity (Wildman–Crippen MR) is 77.7 cm³/mol. The molecule has 118 valence electrons. The second kappa shape index (κ2) is 7.39. The molecule has 0 aliphatic heterocycles. The van der Waals surface area contributed by atoms with E-state index in [2.05, 4.69) is 5.32 Å². The standard InChI is InChI=1S/C13H20N2O5S/c1-9-6-10(2)13(11(7-9)21(14,17)18)20-8-12(16)15-4-5-19-3/h6-7H,4-5,8H2,1-3H3,(H,15,16)(H2,14,17,18). The lowest BCUT2D eigenvalue weighted by molar-refractivity contribution is -0.123. The normalized spacial score (nSPS) is 11.2. The van der Waals surface area contributed by atoms with E-state index >= 15 is 0 Å². The highest BCUT2D eigenvalue weighted by Gasteiger charge is 2.19. The molecule has 7 nitrogen and oxygen atoms in total. The average Bonchev–Trinajstić information content (AvgIpc) is 2.36. The van der Waals surface area contributed by atoms with Crippen molar-refractivity contribution >= 4 is 15.9 Å². The summed E-state index contributed by atoms with van der Waals surface area (Å²) in [6.07, 6.45) is 0. The summed E-state index contributed by atoms with van der Waals surface area (Å²) in [6.45, 7) is 3.89. The molecule has 0 spiro atoms. The van der Waals surface area contributed by atoms with Crippen LogP contribution in [-0.2, 0) is 19.6 Å². The zero-order valence-electron chi connectivity index (χ0n) is 12.3. The number of nitrogens with one attached hydrogen (secondary N) is 1. The summed E-state index contributed by atoms with van der Waals surface area (Å²) >= 11 is 0. The SMILES string of the molecule is COCCNC(=O)COc1c(C)cc(C)cc1S(N)(=O)=O. The van der Waals surface area contributed by atoms with Gasteiger partial charge in [0.1, 0.15) is 10.6 Å². The Labute approximate surface area is 124 Å². The number of aryl methyl sites for hydroxylation is 2. The van der Waals surface area contributed by atoms with E-state index in [4.69, 9.17) is 14.6 Å². The van der Waals surface area contributed by atoms with Gasteiger partial charge in [-0.3, -0.25) is 4.79 Å². The molecule has 0 aliphatic rings. The van der Waals surface area contributed by atoms with Crippen molar-refractivity contribution in [2.45, 2.75) is 18.7 Å². The van der Waals surface area contributed by atoms with Crippen LogP contribution >= 0.6 is 0 Å². The molecule has 0 aromatic heterocycles. The van der Waals surface area contributed by atoms with Gasteiger partial charge in [0.25, 0.3) is 5.91 Å². The molecule has 0 bridgehead atoms. The van der Waals surface area contributed by atoms with E-state index in [0.29, 0.717) is 18.7 Å². The molecule has 1 aromatic rings. The fraction of sp³-hybridized carbons (Fsp3) is 0.462. The number of carbonyl (C=O) groups excluding carboxylic acids is 1. The van der Waals surface area contributed by atoms with Gasteiger partial charge in [-0.1, -0.05) is 6.07 Å². The highest BCUT2D eigenvalue weighted by molar-refractivity contribution is 7.89. The predicted octanol–water partition coefficient (Wildman–Crippen LogP) is 0.0922. The highest BCUT2D eigenvalue weighted by Crippen LogP contribution is 2.28. The lowest BCUT2D eigenvalue weighted by Crippen LogP contribution is -2.31. The van der Waals surface area contributed by atoms with Gasteiger partial charge in [-0.15, -0.1) is 0 Å². The molecule has 0 saturated heterocycles. The first-order valence-electron chi connectivity index (χ1n) is 6.28. The maximum absolute atomic E-state index is 11.6. The molecule has 0 heterocycles. The van der Waals surface area contributed by atoms with Crippen LogP contribution in [0.25, 0.3) is 0 Å². The van der Waals surface area contributed by atoms with Crippen LogP contribution in [-0.4, -0.2) is 41.2 Å². The Morgan fingerprint density at radius 2 is 2.00 bits per heavy atom. The van der Waals surface area contributed by atoms with Crippen LogP contribution in [0.1, 0.15) is 11.1 Å². The Hall–Kier alpha value is -1.64. The monoisotopic (exact) mass is 316 g/mol. The molecule has 0 atom stereocenters. The molecule has 1 aromatic carbocycles. The molecule has 0 unspecified atom stereocenters. The van der Waals surface area contributed by atoms with Crippen molar-refractivity contribution in [3.63, 3.8) is 0 Å². The van der Waals surface area contributed by atoms with Gasteiger partial charge in [0.05, 0.1) is 6.61 Å². The molecule has 1 rings (SSSR count). The largest absolute Gasteiger partial charge is 0.482 e. The maximum atomic E-state index is 11.6. The van der Waals surface area contributed by atoms with Crippen molar-refractivity contribution in [1.82, 2.24) is 5.32 Å². The average molecular weight is 316 g/mol. The number of benzene rings is 1. The topological polar surface area (TPSA) is 108 Å². The lowest BCUT2D eigenvalue weighted by atomic mass is 10.1. The number of sulfonamides is 1. The summed E-state index contributed by atoms with van der Waals surface area (Å²) in [7, 11) is -2.40. The van der Waals surface area contributed by atoms with Gasteiger partial charge in [0, 0.05) is 13.7 Å². The van der Waals surface area contributed by atoms with Crippen LogP contribution in [0.4, 0.5) is 0 Å². The fourth-order valence-electron chi connectivity index (χ4n) is 1.79. The zero-order valence-corrected chi connectivity index (χ0v) is 13.1. The molecule has 0 radical (unpaired) electrons. The first kappa shape index (κ1) is 17.4. The van der Waals surface area contributed by atoms with Crippen molar-refractivity contribution in [2.75, 3.05) is 26.9 Å². The molecule has 0 saturated carbocycles. The smallest absolute Gasteiger partial charge is 0.258 e. The molecule has 21 heavy (non-hydrogen) atoms. The summed E-state index contributed by atoms with van der Waals surface area (Å²) in [5, 5.41) is 7.75. The van der Waals surface area contributed by atoms with Gasteiger partial charge in [-0.25, -0.2) is 13.6 Å². The minimum Gasteiger partial charge on any atom is -0.482 e. The van der Waals surface area contributed by atoms with Crippen molar-refractivity contribution < 1.29 is 22.7 Å². The van der Waals surface area contributed by atoms with Gasteiger partial charge in [0.2, 0.25) is 10.0 Å². The van der Waals surface area contributed by atoms with Gasteiger partial charge in [-0.05, 0) is 31.0 Å². The number of amides is 1. The minimum absolute atomic E-state index is 0.102. The maximum Gasteiger partial charge on any atom is 0.258 e. The number of rotatable bonds is 7. The van der Waals surface area contributed by atoms with Crippen LogP contribution in [0.2, 0.25) is 0 Å². The Morgan fingerprint density at radius 3 is 2.57 bits per heavy atom. The summed E-state index contributed by atoms with van der Waals surface area (Å²) in [5.74, 6) is -0.266. The Kier molecular flexibility index (Phi) is 6.13. The second-order valence-electron chi connectivity index (χ2n) is 4.59. The van der Waals surface area contributed by atoms with Gasteiger partial charge in [-0.2, -0.15) is 0 Å². The van der Waals surface area contributed by atoms with E-state index in [-0.39, 0.29) is 23.2 Å². The molecule has 3 N–H and O–H groups in total. The fourth-order valence-corrected chi connectivity index (χ4v) is 2.62. The van der Waals surface area contributed by atoms with Crippen molar-refractivity contribution in [2.24, 2.45) is 5.14 Å². The third-order valence-corrected chi connectivity index (χ3v) is 3.58. The third-order valence-electron chi connectivity index (χ3n) is 2.67. The van der Waals surface area contributed by atoms with E-state index < -0.39 is 10.0 Å². The van der Waals surface area contributed by atoms with E-state index in [9.17, 15) is 13.2 Å². The number of nitrogens with two attached hydrogens (primary N) is 1. The molecular weight excluding hydrogens is 296 g/mol. The van der Waals surface area contributed by atoms with E-state index in [0.717, 1.165) is 5.56 Å². The molecular formula is C13H20N2O5S. The molecule has 8 heteroatoms. The highest BCUT2D eigenvalue weighted by atomic mass is 32.2. The number of methoxy groups -OCH3 is 1. The van der Waals surface area contributed by atoms with Gasteiger partial charge < -0.3 is 14.8 Å². The molecule has 1 amide bonds. The minimum atomic E-state index is -3.92. The van der Waals surface area contributed by atoms with Crippen molar-refractivity contribution in [1.29, 1.82) is 0 Å². The molecule has 0 fully saturated rings. The van der Waals surface area contributed by atoms with Crippen LogP contribution in [0.3, 0.4) is 0 Å². The summed E-state index contributed by atoms with van der Waals surface area (Å²) in [4.78, 5) is 11.4. The van der Waals surface area contributed by atoms with Crippen LogP contribution in [0, 0.1) is 13.8 Å². The summed E-state index contributed by atoms with van der Waals surface area (Å²) < 4.78 is 33.3. The number of ether oxygens (including phenoxy) is 2. The third kappa shape index (κ3) is 5.33. The summed E-state index contributed by atoms with van der Waals surface area (Å²) in [6, 6.07) is 3.17. The van der Waals surface area contributed by atoms with E-state index in [1.807, 2.05) is 0 Å². The Morgan fingerprint density at radius 1 is 1.33 bits per heavy atom. The Bertz CT molecular complexity index is 613. The number of primary sulfonamides is 1. The number of hydrogen-bond acceptors (Lipinski definition) is 5. The van der Waals surface area contributed by atoms with Crippen molar-refractivity contribution in [3.8, 4) is 5.75 Å². The first-order chi connectivity index (χ1) is 9.75. The van der Waals surface area contributed by atoms with Crippen LogP contribution < -0.4 is 15.2 Å². The zero-order chi connectivity index (χ0) is 16.0. The Balaban J connectivity index is 2.86. The number of hydrogen-bond donors (Lipinski definition) is 2. The van der Waals surface area contributed by atoms with Crippen LogP contribution in [0.15, 0.2) is 17.0 Å². The van der Waals surface area contributed by atoms with Crippen LogP contribution in [0.5, 0.6) is 5.75 Å². The second-order valence-corrected chi connectivity index (χ2v) is 6.12.